The van der Waals surface area contributed by atoms with E-state index in [1.807, 2.05) is 0 Å². The number of ether oxygens (including phenoxy) is 2. The number of methoxy groups -OCH3 is 1. The highest BCUT2D eigenvalue weighted by Gasteiger charge is 2.31. The number of pyridine rings is 1. The van der Waals surface area contributed by atoms with Crippen LogP contribution in [0.2, 0.25) is 0 Å². The van der Waals surface area contributed by atoms with E-state index >= 15 is 0 Å². The average Bonchev–Trinajstić information content (AvgIpc) is 3.11. The highest BCUT2D eigenvalue weighted by molar-refractivity contribution is 9.10. The number of nitrogens with zero attached hydrogens (tertiary/aromatic N) is 3. The van der Waals surface area contributed by atoms with Crippen LogP contribution in [0.1, 0.15) is 32.0 Å². The van der Waals surface area contributed by atoms with Crippen LogP contribution >= 0.6 is 15.9 Å². The maximum atomic E-state index is 13.3. The lowest BCUT2D eigenvalue weighted by Crippen LogP contribution is -2.37. The first-order valence-corrected chi connectivity index (χ1v) is 13.8. The second-order valence-corrected chi connectivity index (χ2v) is 12.1. The Labute approximate surface area is 226 Å². The largest absolute Gasteiger partial charge is 0.495 e. The van der Waals surface area contributed by atoms with E-state index in [9.17, 15) is 26.4 Å². The molecule has 3 rings (SSSR count). The number of hydrogen-bond acceptors (Lipinski definition) is 6. The summed E-state index contributed by atoms with van der Waals surface area (Å²) < 4.78 is 76.5. The van der Waals surface area contributed by atoms with E-state index in [2.05, 4.69) is 32.9 Å². The Morgan fingerprint density at radius 1 is 1.18 bits per heavy atom. The van der Waals surface area contributed by atoms with Gasteiger partial charge in [0.15, 0.2) is 9.84 Å². The van der Waals surface area contributed by atoms with Gasteiger partial charge in [-0.3, -0.25) is 4.90 Å². The van der Waals surface area contributed by atoms with E-state index in [-0.39, 0.29) is 39.7 Å². The number of amides is 1. The third kappa shape index (κ3) is 7.20. The molecule has 0 N–H and O–H groups in total. The molecular formula is C25H25BrF3N3O5S. The van der Waals surface area contributed by atoms with E-state index < -0.39 is 34.1 Å². The normalized spacial score (nSPS) is 12.1. The molecule has 204 valence electrons. The Bertz CT molecular complexity index is 1530. The Morgan fingerprint density at radius 3 is 2.45 bits per heavy atom. The Balaban J connectivity index is 2.08. The van der Waals surface area contributed by atoms with Crippen LogP contribution < -0.4 is 9.64 Å². The summed E-state index contributed by atoms with van der Waals surface area (Å²) in [6.07, 6.45) is -5.53. The predicted molar refractivity (Wildman–Crippen MR) is 139 cm³/mol. The molecule has 0 atom stereocenters. The van der Waals surface area contributed by atoms with Crippen LogP contribution in [-0.4, -0.2) is 55.8 Å². The van der Waals surface area contributed by atoms with E-state index in [1.54, 1.807) is 32.9 Å². The molecule has 0 aliphatic rings. The van der Waals surface area contributed by atoms with E-state index in [0.717, 1.165) is 11.2 Å². The molecule has 0 saturated carbocycles. The average molecular weight is 616 g/mol. The van der Waals surface area contributed by atoms with Crippen LogP contribution in [0.3, 0.4) is 0 Å². The fourth-order valence-corrected chi connectivity index (χ4v) is 4.50. The monoisotopic (exact) mass is 615 g/mol. The molecule has 0 unspecified atom stereocenters. The lowest BCUT2D eigenvalue weighted by atomic mass is 10.1. The molecule has 0 fully saturated rings. The second-order valence-electron chi connectivity index (χ2n) is 9.24. The molecule has 0 aliphatic carbocycles. The van der Waals surface area contributed by atoms with Gasteiger partial charge in [-0.05, 0) is 66.9 Å². The van der Waals surface area contributed by atoms with Crippen molar-refractivity contribution in [1.29, 1.82) is 0 Å². The molecule has 2 heterocycles. The number of sulfone groups is 1. The molecule has 2 aromatic heterocycles. The minimum Gasteiger partial charge on any atom is -0.495 e. The summed E-state index contributed by atoms with van der Waals surface area (Å²) in [6.45, 7) is 4.67. The van der Waals surface area contributed by atoms with Gasteiger partial charge >= 0.3 is 12.3 Å². The molecule has 1 aromatic carbocycles. The molecule has 0 spiro atoms. The number of hydrogen-bond donors (Lipinski definition) is 0. The van der Waals surface area contributed by atoms with Gasteiger partial charge in [0.25, 0.3) is 0 Å². The number of rotatable bonds is 5. The van der Waals surface area contributed by atoms with Crippen LogP contribution in [0, 0.1) is 11.8 Å². The van der Waals surface area contributed by atoms with Gasteiger partial charge in [0, 0.05) is 17.9 Å². The predicted octanol–water partition coefficient (Wildman–Crippen LogP) is 5.41. The SMILES string of the molecule is COc1cc(S(C)(=O)=O)ccc1N(CC#Cc1nn2c(Br)cccc2c1CC(F)(F)F)C(=O)OC(C)(C)C. The Hall–Kier alpha value is -3.24. The number of alkyl halides is 3. The first-order valence-electron chi connectivity index (χ1n) is 11.1. The summed E-state index contributed by atoms with van der Waals surface area (Å²) in [5.41, 5.74) is -0.682. The molecule has 1 amide bonds. The van der Waals surface area contributed by atoms with Gasteiger partial charge in [-0.2, -0.15) is 18.3 Å². The first kappa shape index (κ1) is 29.3. The summed E-state index contributed by atoms with van der Waals surface area (Å²) in [6, 6.07) is 8.67. The van der Waals surface area contributed by atoms with Gasteiger partial charge in [-0.1, -0.05) is 12.0 Å². The van der Waals surface area contributed by atoms with Crippen molar-refractivity contribution in [2.45, 2.75) is 43.9 Å². The van der Waals surface area contributed by atoms with Crippen LogP contribution in [0.4, 0.5) is 23.7 Å². The number of carbonyl (C=O) groups is 1. The van der Waals surface area contributed by atoms with Crippen molar-refractivity contribution in [2.24, 2.45) is 0 Å². The number of anilines is 1. The standard InChI is InChI=1S/C25H25BrF3N3O5S/c1-24(2,3)37-23(33)31(20-12-11-16(38(5,34)35)14-21(20)36-4)13-7-8-18-17(15-25(27,28)29)19-9-6-10-22(26)32(19)30-18/h6,9-12,14H,13,15H2,1-5H3. The zero-order chi connectivity index (χ0) is 28.5. The molecular weight excluding hydrogens is 591 g/mol. The molecule has 3 aromatic rings. The van der Waals surface area contributed by atoms with Crippen molar-refractivity contribution >= 4 is 43.1 Å². The molecule has 0 bridgehead atoms. The van der Waals surface area contributed by atoms with Gasteiger partial charge in [0.05, 0.1) is 36.2 Å². The van der Waals surface area contributed by atoms with Crippen LogP contribution in [-0.2, 0) is 21.0 Å². The van der Waals surface area contributed by atoms with Gasteiger partial charge in [0.1, 0.15) is 21.6 Å². The molecule has 8 nitrogen and oxygen atoms in total. The third-order valence-electron chi connectivity index (χ3n) is 5.02. The number of aromatic nitrogens is 2. The maximum absolute atomic E-state index is 13.3. The van der Waals surface area contributed by atoms with Crippen LogP contribution in [0.5, 0.6) is 5.75 Å². The van der Waals surface area contributed by atoms with Crippen LogP contribution in [0.15, 0.2) is 45.9 Å². The smallest absolute Gasteiger partial charge is 0.415 e. The lowest BCUT2D eigenvalue weighted by Gasteiger charge is -2.27. The van der Waals surface area contributed by atoms with Crippen molar-refractivity contribution in [2.75, 3.05) is 24.8 Å². The van der Waals surface area contributed by atoms with Crippen molar-refractivity contribution in [3.05, 3.63) is 52.3 Å². The topological polar surface area (TPSA) is 90.2 Å². The lowest BCUT2D eigenvalue weighted by molar-refractivity contribution is -0.127. The molecule has 13 heteroatoms. The van der Waals surface area contributed by atoms with Gasteiger partial charge < -0.3 is 9.47 Å². The van der Waals surface area contributed by atoms with Crippen molar-refractivity contribution < 1.29 is 35.9 Å². The minimum atomic E-state index is -4.50. The van der Waals surface area contributed by atoms with Crippen molar-refractivity contribution in [1.82, 2.24) is 9.61 Å². The summed E-state index contributed by atoms with van der Waals surface area (Å²) in [7, 11) is -2.26. The highest BCUT2D eigenvalue weighted by Crippen LogP contribution is 2.32. The number of halogens is 4. The molecule has 0 saturated heterocycles. The zero-order valence-corrected chi connectivity index (χ0v) is 23.6. The fourth-order valence-electron chi connectivity index (χ4n) is 3.44. The van der Waals surface area contributed by atoms with Gasteiger partial charge in [-0.15, -0.1) is 0 Å². The van der Waals surface area contributed by atoms with Crippen molar-refractivity contribution in [3.63, 3.8) is 0 Å². The maximum Gasteiger partial charge on any atom is 0.415 e. The zero-order valence-electron chi connectivity index (χ0n) is 21.2. The fraction of sp³-hybridized carbons (Fsp3) is 0.360. The second kappa shape index (κ2) is 10.9. The first-order chi connectivity index (χ1) is 17.5. The molecule has 0 radical (unpaired) electrons. The van der Waals surface area contributed by atoms with Gasteiger partial charge in [-0.25, -0.2) is 17.7 Å². The summed E-state index contributed by atoms with van der Waals surface area (Å²) >= 11 is 3.27. The Morgan fingerprint density at radius 2 is 1.87 bits per heavy atom. The molecule has 0 aliphatic heterocycles. The Kier molecular flexibility index (Phi) is 8.38. The van der Waals surface area contributed by atoms with E-state index in [4.69, 9.17) is 9.47 Å². The van der Waals surface area contributed by atoms with E-state index in [1.165, 1.54) is 35.9 Å². The van der Waals surface area contributed by atoms with Crippen molar-refractivity contribution in [3.8, 4) is 17.6 Å². The van der Waals surface area contributed by atoms with E-state index in [0.29, 0.717) is 4.60 Å². The quantitative estimate of drug-likeness (QED) is 0.282. The summed E-state index contributed by atoms with van der Waals surface area (Å²) in [4.78, 5) is 14.2. The summed E-state index contributed by atoms with van der Waals surface area (Å²) in [5, 5.41) is 4.21. The van der Waals surface area contributed by atoms with Gasteiger partial charge in [0.2, 0.25) is 0 Å². The summed E-state index contributed by atoms with van der Waals surface area (Å²) in [5.74, 6) is 5.43. The minimum absolute atomic E-state index is 0.0274. The highest BCUT2D eigenvalue weighted by atomic mass is 79.9. The third-order valence-corrected chi connectivity index (χ3v) is 6.73. The molecule has 38 heavy (non-hydrogen) atoms. The number of carbonyl (C=O) groups excluding carboxylic acids is 1. The number of benzene rings is 1. The number of fused-ring (bicyclic) bond motifs is 1. The van der Waals surface area contributed by atoms with Crippen LogP contribution in [0.25, 0.3) is 5.52 Å².